The first-order valence-corrected chi connectivity index (χ1v) is 9.27. The molecule has 132 valence electrons. The summed E-state index contributed by atoms with van der Waals surface area (Å²) in [7, 11) is 1.58. The predicted molar refractivity (Wildman–Crippen MR) is 103 cm³/mol. The fourth-order valence-electron chi connectivity index (χ4n) is 3.26. The molecule has 0 fully saturated rings. The summed E-state index contributed by atoms with van der Waals surface area (Å²) in [6, 6.07) is 11.8. The lowest BCUT2D eigenvalue weighted by molar-refractivity contribution is 0.0974. The summed E-state index contributed by atoms with van der Waals surface area (Å²) in [5, 5.41) is 0. The Morgan fingerprint density at radius 2 is 2.08 bits per heavy atom. The van der Waals surface area contributed by atoms with E-state index in [1.54, 1.807) is 19.2 Å². The Kier molecular flexibility index (Phi) is 5.33. The highest BCUT2D eigenvalue weighted by atomic mass is 79.9. The van der Waals surface area contributed by atoms with Gasteiger partial charge in [-0.1, -0.05) is 18.2 Å². The molecule has 3 rings (SSSR count). The first kappa shape index (κ1) is 17.8. The number of aryl methyl sites for hydroxylation is 1. The van der Waals surface area contributed by atoms with Gasteiger partial charge in [0, 0.05) is 17.3 Å². The maximum atomic E-state index is 13.3. The summed E-state index contributed by atoms with van der Waals surface area (Å²) in [5.74, 6) is 1.15. The molecule has 0 aliphatic carbocycles. The summed E-state index contributed by atoms with van der Waals surface area (Å²) >= 11 is 3.50. The topological polar surface area (TPSA) is 38.8 Å². The highest BCUT2D eigenvalue weighted by Crippen LogP contribution is 2.38. The third kappa shape index (κ3) is 3.38. The number of rotatable bonds is 4. The number of carbonyl (C=O) groups is 1. The largest absolute Gasteiger partial charge is 0.493 e. The molecule has 2 aromatic carbocycles. The number of hydrogen-bond acceptors (Lipinski definition) is 3. The summed E-state index contributed by atoms with van der Waals surface area (Å²) in [4.78, 5) is 15.2. The van der Waals surface area contributed by atoms with Gasteiger partial charge in [-0.25, -0.2) is 0 Å². The molecule has 0 saturated heterocycles. The lowest BCUT2D eigenvalue weighted by Crippen LogP contribution is -2.42. The van der Waals surface area contributed by atoms with Crippen LogP contribution in [0.4, 0.5) is 5.69 Å². The number of anilines is 1. The molecule has 0 saturated carbocycles. The van der Waals surface area contributed by atoms with Gasteiger partial charge in [0.25, 0.3) is 5.91 Å². The van der Waals surface area contributed by atoms with E-state index in [2.05, 4.69) is 28.9 Å². The zero-order chi connectivity index (χ0) is 18.0. The number of methoxy groups -OCH3 is 1. The van der Waals surface area contributed by atoms with Crippen molar-refractivity contribution in [1.82, 2.24) is 0 Å². The first-order valence-electron chi connectivity index (χ1n) is 8.48. The van der Waals surface area contributed by atoms with E-state index in [9.17, 15) is 4.79 Å². The number of ether oxygens (including phenoxy) is 2. The minimum absolute atomic E-state index is 0.0262. The second-order valence-electron chi connectivity index (χ2n) is 6.11. The van der Waals surface area contributed by atoms with E-state index >= 15 is 0 Å². The summed E-state index contributed by atoms with van der Waals surface area (Å²) in [6.45, 7) is 4.53. The highest BCUT2D eigenvalue weighted by molar-refractivity contribution is 9.10. The lowest BCUT2D eigenvalue weighted by Gasteiger charge is -2.35. The van der Waals surface area contributed by atoms with E-state index in [1.165, 1.54) is 5.56 Å². The van der Waals surface area contributed by atoms with Gasteiger partial charge in [0.15, 0.2) is 11.5 Å². The van der Waals surface area contributed by atoms with Crippen LogP contribution >= 0.6 is 15.9 Å². The van der Waals surface area contributed by atoms with Gasteiger partial charge in [0.1, 0.15) is 0 Å². The molecule has 1 unspecified atom stereocenters. The van der Waals surface area contributed by atoms with E-state index < -0.39 is 0 Å². The zero-order valence-corrected chi connectivity index (χ0v) is 16.3. The van der Waals surface area contributed by atoms with Crippen LogP contribution in [0.15, 0.2) is 40.9 Å². The minimum Gasteiger partial charge on any atom is -0.493 e. The Bertz CT molecular complexity index is 791. The molecule has 2 aromatic rings. The summed E-state index contributed by atoms with van der Waals surface area (Å²) < 4.78 is 11.8. The van der Waals surface area contributed by atoms with Crippen LogP contribution in [-0.4, -0.2) is 25.7 Å². The molecule has 1 heterocycles. The number of benzene rings is 2. The van der Waals surface area contributed by atoms with Crippen LogP contribution in [0.2, 0.25) is 0 Å². The van der Waals surface area contributed by atoms with Crippen LogP contribution < -0.4 is 14.4 Å². The smallest absolute Gasteiger partial charge is 0.258 e. The van der Waals surface area contributed by atoms with E-state index in [0.29, 0.717) is 23.7 Å². The van der Waals surface area contributed by atoms with Crippen LogP contribution in [0.3, 0.4) is 0 Å². The predicted octanol–water partition coefficient (Wildman–Crippen LogP) is 4.84. The number of carbonyl (C=O) groups excluding carboxylic acids is 1. The highest BCUT2D eigenvalue weighted by Gasteiger charge is 2.29. The van der Waals surface area contributed by atoms with Crippen molar-refractivity contribution in [2.24, 2.45) is 0 Å². The molecule has 1 aliphatic heterocycles. The molecule has 0 radical (unpaired) electrons. The lowest BCUT2D eigenvalue weighted by atomic mass is 9.95. The van der Waals surface area contributed by atoms with Gasteiger partial charge in [-0.05, 0) is 66.4 Å². The fraction of sp³-hybridized carbons (Fsp3) is 0.350. The Morgan fingerprint density at radius 3 is 2.80 bits per heavy atom. The monoisotopic (exact) mass is 403 g/mol. The molecule has 1 atom stereocenters. The van der Waals surface area contributed by atoms with Crippen molar-refractivity contribution >= 4 is 27.5 Å². The normalized spacial score (nSPS) is 16.3. The van der Waals surface area contributed by atoms with E-state index in [4.69, 9.17) is 9.47 Å². The van der Waals surface area contributed by atoms with Crippen LogP contribution in [0.5, 0.6) is 11.5 Å². The van der Waals surface area contributed by atoms with Crippen molar-refractivity contribution in [3.05, 3.63) is 52.0 Å². The van der Waals surface area contributed by atoms with Gasteiger partial charge < -0.3 is 14.4 Å². The molecular weight excluding hydrogens is 382 g/mol. The quantitative estimate of drug-likeness (QED) is 0.732. The standard InChI is InChI=1S/C20H22BrNO3/c1-4-25-19-16(21)11-15(12-18(19)24-3)20(23)22-13(2)9-10-14-7-5-6-8-17(14)22/h5-8,11-13H,4,9-10H2,1-3H3. The Balaban J connectivity index is 2.02. The van der Waals surface area contributed by atoms with Gasteiger partial charge in [0.2, 0.25) is 0 Å². The van der Waals surface area contributed by atoms with Crippen molar-refractivity contribution < 1.29 is 14.3 Å². The van der Waals surface area contributed by atoms with Gasteiger partial charge in [-0.15, -0.1) is 0 Å². The molecular formula is C20H22BrNO3. The van der Waals surface area contributed by atoms with Crippen molar-refractivity contribution in [2.75, 3.05) is 18.6 Å². The van der Waals surface area contributed by atoms with Gasteiger partial charge in [0.05, 0.1) is 18.2 Å². The maximum Gasteiger partial charge on any atom is 0.258 e. The van der Waals surface area contributed by atoms with E-state index in [0.717, 1.165) is 23.0 Å². The van der Waals surface area contributed by atoms with E-state index in [1.807, 2.05) is 30.0 Å². The number of fused-ring (bicyclic) bond motifs is 1. The second-order valence-corrected chi connectivity index (χ2v) is 6.97. The molecule has 4 nitrogen and oxygen atoms in total. The summed E-state index contributed by atoms with van der Waals surface area (Å²) in [5.41, 5.74) is 2.79. The zero-order valence-electron chi connectivity index (χ0n) is 14.7. The Labute approximate surface area is 156 Å². The number of para-hydroxylation sites is 1. The third-order valence-corrected chi connectivity index (χ3v) is 5.10. The van der Waals surface area contributed by atoms with Crippen LogP contribution in [-0.2, 0) is 6.42 Å². The average Bonchev–Trinajstić information content (AvgIpc) is 2.62. The van der Waals surface area contributed by atoms with Crippen LogP contribution in [0, 0.1) is 0 Å². The minimum atomic E-state index is -0.0262. The average molecular weight is 404 g/mol. The maximum absolute atomic E-state index is 13.3. The van der Waals surface area contributed by atoms with Crippen LogP contribution in [0.25, 0.3) is 0 Å². The van der Waals surface area contributed by atoms with Crippen molar-refractivity contribution in [3.8, 4) is 11.5 Å². The fourth-order valence-corrected chi connectivity index (χ4v) is 3.82. The van der Waals surface area contributed by atoms with Crippen molar-refractivity contribution in [1.29, 1.82) is 0 Å². The Morgan fingerprint density at radius 1 is 1.32 bits per heavy atom. The van der Waals surface area contributed by atoms with E-state index in [-0.39, 0.29) is 11.9 Å². The van der Waals surface area contributed by atoms with Crippen LogP contribution in [0.1, 0.15) is 36.2 Å². The van der Waals surface area contributed by atoms with Gasteiger partial charge in [-0.2, -0.15) is 0 Å². The third-order valence-electron chi connectivity index (χ3n) is 4.51. The number of hydrogen-bond donors (Lipinski definition) is 0. The molecule has 0 bridgehead atoms. The Hall–Kier alpha value is -2.01. The molecule has 0 N–H and O–H groups in total. The first-order chi connectivity index (χ1) is 12.1. The molecule has 25 heavy (non-hydrogen) atoms. The molecule has 0 aromatic heterocycles. The van der Waals surface area contributed by atoms with Gasteiger partial charge in [-0.3, -0.25) is 4.79 Å². The number of halogens is 1. The molecule has 0 spiro atoms. The summed E-state index contributed by atoms with van der Waals surface area (Å²) in [6.07, 6.45) is 1.95. The second kappa shape index (κ2) is 7.48. The van der Waals surface area contributed by atoms with Crippen molar-refractivity contribution in [2.45, 2.75) is 32.7 Å². The molecule has 5 heteroatoms. The van der Waals surface area contributed by atoms with Gasteiger partial charge >= 0.3 is 0 Å². The molecule has 1 aliphatic rings. The molecule has 1 amide bonds. The number of amides is 1. The number of nitrogens with zero attached hydrogens (tertiary/aromatic N) is 1. The SMILES string of the molecule is CCOc1c(Br)cc(C(=O)N2c3ccccc3CCC2C)cc1OC. The van der Waals surface area contributed by atoms with Crippen molar-refractivity contribution in [3.63, 3.8) is 0 Å².